The standard InChI is InChI=1S/C13H21N5O/c1-9(11-17-16-10-5-4-8-18(10)11)15-12(19)13(14)6-2-3-7-13/h9H,2-8,14H2,1H3,(H,15,19)/t9-/m1/s1. The summed E-state index contributed by atoms with van der Waals surface area (Å²) in [7, 11) is 0. The molecule has 1 fully saturated rings. The number of aromatic nitrogens is 3. The minimum Gasteiger partial charge on any atom is -0.345 e. The summed E-state index contributed by atoms with van der Waals surface area (Å²) in [6.45, 7) is 2.90. The lowest BCUT2D eigenvalue weighted by Gasteiger charge is -2.24. The van der Waals surface area contributed by atoms with Crippen LogP contribution >= 0.6 is 0 Å². The molecule has 1 atom stereocenters. The first-order valence-corrected chi connectivity index (χ1v) is 7.12. The number of fused-ring (bicyclic) bond motifs is 1. The summed E-state index contributed by atoms with van der Waals surface area (Å²) in [5, 5.41) is 11.4. The van der Waals surface area contributed by atoms with Crippen molar-refractivity contribution in [2.24, 2.45) is 5.73 Å². The molecule has 2 aliphatic rings. The molecule has 1 saturated carbocycles. The zero-order chi connectivity index (χ0) is 13.5. The summed E-state index contributed by atoms with van der Waals surface area (Å²) >= 11 is 0. The molecule has 2 heterocycles. The van der Waals surface area contributed by atoms with Gasteiger partial charge in [0.25, 0.3) is 0 Å². The average Bonchev–Trinajstić information content (AvgIpc) is 3.03. The SMILES string of the molecule is C[C@@H](NC(=O)C1(N)CCCC1)c1nnc2n1CCC2. The third kappa shape index (κ3) is 2.14. The minimum absolute atomic E-state index is 0.0483. The number of nitrogens with one attached hydrogen (secondary N) is 1. The molecule has 0 aromatic carbocycles. The first kappa shape index (κ1) is 12.6. The maximum absolute atomic E-state index is 12.3. The fourth-order valence-corrected chi connectivity index (χ4v) is 3.13. The Labute approximate surface area is 112 Å². The molecule has 3 rings (SSSR count). The van der Waals surface area contributed by atoms with Gasteiger partial charge in [-0.3, -0.25) is 4.79 Å². The third-order valence-electron chi connectivity index (χ3n) is 4.32. The molecule has 0 bridgehead atoms. The van der Waals surface area contributed by atoms with E-state index in [0.29, 0.717) is 0 Å². The smallest absolute Gasteiger partial charge is 0.240 e. The number of hydrogen-bond donors (Lipinski definition) is 2. The van der Waals surface area contributed by atoms with Crippen molar-refractivity contribution in [1.82, 2.24) is 20.1 Å². The summed E-state index contributed by atoms with van der Waals surface area (Å²) in [4.78, 5) is 12.3. The van der Waals surface area contributed by atoms with Crippen molar-refractivity contribution >= 4 is 5.91 Å². The third-order valence-corrected chi connectivity index (χ3v) is 4.32. The van der Waals surface area contributed by atoms with Gasteiger partial charge in [0.05, 0.1) is 11.6 Å². The van der Waals surface area contributed by atoms with E-state index in [9.17, 15) is 4.79 Å². The normalized spacial score (nSPS) is 22.2. The largest absolute Gasteiger partial charge is 0.345 e. The number of amides is 1. The Morgan fingerprint density at radius 3 is 2.84 bits per heavy atom. The van der Waals surface area contributed by atoms with Crippen LogP contribution < -0.4 is 11.1 Å². The highest BCUT2D eigenvalue weighted by Gasteiger charge is 2.38. The van der Waals surface area contributed by atoms with Crippen molar-refractivity contribution in [3.63, 3.8) is 0 Å². The van der Waals surface area contributed by atoms with Gasteiger partial charge in [-0.1, -0.05) is 12.8 Å². The second-order valence-corrected chi connectivity index (χ2v) is 5.79. The summed E-state index contributed by atoms with van der Waals surface area (Å²) in [6.07, 6.45) is 5.73. The van der Waals surface area contributed by atoms with E-state index >= 15 is 0 Å². The fraction of sp³-hybridized carbons (Fsp3) is 0.769. The highest BCUT2D eigenvalue weighted by molar-refractivity contribution is 5.86. The molecular weight excluding hydrogens is 242 g/mol. The molecule has 1 aliphatic heterocycles. The number of carbonyl (C=O) groups is 1. The number of aryl methyl sites for hydroxylation is 1. The zero-order valence-electron chi connectivity index (χ0n) is 11.4. The van der Waals surface area contributed by atoms with Crippen LogP contribution in [-0.4, -0.2) is 26.2 Å². The number of hydrogen-bond acceptors (Lipinski definition) is 4. The molecule has 6 nitrogen and oxygen atoms in total. The van der Waals surface area contributed by atoms with Crippen LogP contribution in [0.25, 0.3) is 0 Å². The summed E-state index contributed by atoms with van der Waals surface area (Å²) in [6, 6.07) is -0.132. The Morgan fingerprint density at radius 1 is 1.37 bits per heavy atom. The van der Waals surface area contributed by atoms with Crippen LogP contribution in [0.2, 0.25) is 0 Å². The van der Waals surface area contributed by atoms with E-state index in [2.05, 4.69) is 20.1 Å². The average molecular weight is 263 g/mol. The fourth-order valence-electron chi connectivity index (χ4n) is 3.13. The van der Waals surface area contributed by atoms with Gasteiger partial charge in [0.1, 0.15) is 5.82 Å². The molecule has 0 radical (unpaired) electrons. The number of rotatable bonds is 3. The van der Waals surface area contributed by atoms with E-state index in [1.807, 2.05) is 6.92 Å². The second-order valence-electron chi connectivity index (χ2n) is 5.79. The van der Waals surface area contributed by atoms with Crippen molar-refractivity contribution in [3.8, 4) is 0 Å². The van der Waals surface area contributed by atoms with Gasteiger partial charge >= 0.3 is 0 Å². The molecule has 1 amide bonds. The van der Waals surface area contributed by atoms with Crippen LogP contribution in [0.4, 0.5) is 0 Å². The topological polar surface area (TPSA) is 85.8 Å². The van der Waals surface area contributed by atoms with Gasteiger partial charge in [-0.15, -0.1) is 10.2 Å². The molecule has 19 heavy (non-hydrogen) atoms. The molecule has 104 valence electrons. The van der Waals surface area contributed by atoms with Crippen LogP contribution in [0.1, 0.15) is 56.7 Å². The van der Waals surface area contributed by atoms with Gasteiger partial charge in [0, 0.05) is 13.0 Å². The van der Waals surface area contributed by atoms with Crippen LogP contribution in [0.5, 0.6) is 0 Å². The lowest BCUT2D eigenvalue weighted by Crippen LogP contribution is -2.52. The van der Waals surface area contributed by atoms with E-state index in [-0.39, 0.29) is 11.9 Å². The van der Waals surface area contributed by atoms with Gasteiger partial charge in [0.2, 0.25) is 5.91 Å². The van der Waals surface area contributed by atoms with Crippen molar-refractivity contribution < 1.29 is 4.79 Å². The molecule has 6 heteroatoms. The Kier molecular flexibility index (Phi) is 3.05. The van der Waals surface area contributed by atoms with Crippen LogP contribution in [0.15, 0.2) is 0 Å². The summed E-state index contributed by atoms with van der Waals surface area (Å²) in [5.74, 6) is 1.83. The number of carbonyl (C=O) groups excluding carboxylic acids is 1. The lowest BCUT2D eigenvalue weighted by atomic mass is 9.98. The lowest BCUT2D eigenvalue weighted by molar-refractivity contribution is -0.126. The molecule has 0 spiro atoms. The monoisotopic (exact) mass is 263 g/mol. The van der Waals surface area contributed by atoms with E-state index in [1.54, 1.807) is 0 Å². The van der Waals surface area contributed by atoms with Crippen LogP contribution in [-0.2, 0) is 17.8 Å². The molecule has 1 aliphatic carbocycles. The van der Waals surface area contributed by atoms with Crippen molar-refractivity contribution in [2.75, 3.05) is 0 Å². The highest BCUT2D eigenvalue weighted by atomic mass is 16.2. The molecule has 0 unspecified atom stereocenters. The summed E-state index contributed by atoms with van der Waals surface area (Å²) in [5.41, 5.74) is 5.48. The van der Waals surface area contributed by atoms with Gasteiger partial charge in [-0.25, -0.2) is 0 Å². The van der Waals surface area contributed by atoms with Gasteiger partial charge < -0.3 is 15.6 Å². The van der Waals surface area contributed by atoms with Crippen LogP contribution in [0.3, 0.4) is 0 Å². The maximum Gasteiger partial charge on any atom is 0.240 e. The molecule has 1 aromatic rings. The Hall–Kier alpha value is -1.43. The first-order chi connectivity index (χ1) is 9.10. The van der Waals surface area contributed by atoms with Crippen molar-refractivity contribution in [3.05, 3.63) is 11.6 Å². The molecule has 0 saturated heterocycles. The van der Waals surface area contributed by atoms with E-state index in [1.165, 1.54) is 0 Å². The predicted octanol–water partition coefficient (Wildman–Crippen LogP) is 0.673. The van der Waals surface area contributed by atoms with Gasteiger partial charge in [-0.05, 0) is 26.2 Å². The predicted molar refractivity (Wildman–Crippen MR) is 70.3 cm³/mol. The van der Waals surface area contributed by atoms with E-state index in [4.69, 9.17) is 5.73 Å². The van der Waals surface area contributed by atoms with Crippen molar-refractivity contribution in [2.45, 2.75) is 63.6 Å². The highest BCUT2D eigenvalue weighted by Crippen LogP contribution is 2.28. The Bertz CT molecular complexity index is 489. The molecular formula is C13H21N5O. The number of nitrogens with two attached hydrogens (primary N) is 1. The van der Waals surface area contributed by atoms with Gasteiger partial charge in [-0.2, -0.15) is 0 Å². The number of nitrogens with zero attached hydrogens (tertiary/aromatic N) is 3. The quantitative estimate of drug-likeness (QED) is 0.839. The summed E-state index contributed by atoms with van der Waals surface area (Å²) < 4.78 is 2.11. The van der Waals surface area contributed by atoms with Crippen molar-refractivity contribution in [1.29, 1.82) is 0 Å². The van der Waals surface area contributed by atoms with Crippen LogP contribution in [0, 0.1) is 0 Å². The van der Waals surface area contributed by atoms with E-state index in [0.717, 1.165) is 56.7 Å². The first-order valence-electron chi connectivity index (χ1n) is 7.12. The Morgan fingerprint density at radius 2 is 2.11 bits per heavy atom. The maximum atomic E-state index is 12.3. The zero-order valence-corrected chi connectivity index (χ0v) is 11.4. The Balaban J connectivity index is 1.71. The molecule has 3 N–H and O–H groups in total. The van der Waals surface area contributed by atoms with E-state index < -0.39 is 5.54 Å². The second kappa shape index (κ2) is 4.59. The minimum atomic E-state index is -0.678. The molecule has 1 aromatic heterocycles. The van der Waals surface area contributed by atoms with Gasteiger partial charge in [0.15, 0.2) is 5.82 Å².